The van der Waals surface area contributed by atoms with E-state index >= 15 is 0 Å². The monoisotopic (exact) mass is 199 g/mol. The summed E-state index contributed by atoms with van der Waals surface area (Å²) in [6.07, 6.45) is 1.92. The van der Waals surface area contributed by atoms with Crippen LogP contribution in [-0.2, 0) is 4.79 Å². The quantitative estimate of drug-likeness (QED) is 0.380. The Kier molecular flexibility index (Phi) is 3.44. The summed E-state index contributed by atoms with van der Waals surface area (Å²) in [6, 6.07) is 0. The maximum absolute atomic E-state index is 11.6. The molecule has 6 nitrogen and oxygen atoms in total. The van der Waals surface area contributed by atoms with Gasteiger partial charge in [-0.3, -0.25) is 4.79 Å². The molecule has 0 unspecified atom stereocenters. The molecule has 1 fully saturated rings. The van der Waals surface area contributed by atoms with Crippen molar-refractivity contribution in [1.82, 2.24) is 4.90 Å². The van der Waals surface area contributed by atoms with E-state index < -0.39 is 0 Å². The van der Waals surface area contributed by atoms with Crippen molar-refractivity contribution in [3.05, 3.63) is 0 Å². The molecule has 0 aromatic carbocycles. The van der Waals surface area contributed by atoms with E-state index in [-0.39, 0.29) is 17.3 Å². The molecule has 0 aromatic heterocycles. The number of oxime groups is 2. The molecule has 0 bridgehead atoms. The molecule has 0 aliphatic carbocycles. The van der Waals surface area contributed by atoms with Crippen molar-refractivity contribution in [1.29, 1.82) is 0 Å². The molecule has 1 amide bonds. The summed E-state index contributed by atoms with van der Waals surface area (Å²) in [5.74, 6) is -0.389. The third-order valence-corrected chi connectivity index (χ3v) is 2.19. The number of carbonyl (C=O) groups excluding carboxylic acids is 1. The minimum absolute atomic E-state index is 0.0180. The van der Waals surface area contributed by atoms with Crippen molar-refractivity contribution in [2.75, 3.05) is 13.1 Å². The molecule has 1 aliphatic heterocycles. The number of likely N-dealkylation sites (tertiary alicyclic amines) is 1. The van der Waals surface area contributed by atoms with E-state index in [0.29, 0.717) is 13.1 Å². The first-order valence-electron chi connectivity index (χ1n) is 4.41. The number of amides is 1. The summed E-state index contributed by atoms with van der Waals surface area (Å²) in [5.41, 5.74) is -0.182. The maximum atomic E-state index is 11.6. The fraction of sp³-hybridized carbons (Fsp3) is 0.625. The molecular formula is C8H13N3O3. The van der Waals surface area contributed by atoms with Gasteiger partial charge in [0.1, 0.15) is 5.71 Å². The zero-order valence-corrected chi connectivity index (χ0v) is 7.97. The highest BCUT2D eigenvalue weighted by Crippen LogP contribution is 2.08. The molecule has 0 atom stereocenters. The average Bonchev–Trinajstić information content (AvgIpc) is 2.71. The minimum atomic E-state index is -0.389. The van der Waals surface area contributed by atoms with E-state index in [1.807, 2.05) is 0 Å². The Bertz CT molecular complexity index is 280. The van der Waals surface area contributed by atoms with Crippen LogP contribution < -0.4 is 0 Å². The number of nitrogens with zero attached hydrogens (tertiary/aromatic N) is 3. The molecule has 6 heteroatoms. The number of carbonyl (C=O) groups is 1. The van der Waals surface area contributed by atoms with Crippen molar-refractivity contribution in [2.24, 2.45) is 10.3 Å². The number of hydrogen-bond donors (Lipinski definition) is 2. The Morgan fingerprint density at radius 3 is 2.21 bits per heavy atom. The van der Waals surface area contributed by atoms with E-state index in [2.05, 4.69) is 10.3 Å². The van der Waals surface area contributed by atoms with Gasteiger partial charge in [-0.1, -0.05) is 10.3 Å². The summed E-state index contributed by atoms with van der Waals surface area (Å²) in [4.78, 5) is 13.2. The zero-order chi connectivity index (χ0) is 10.6. The lowest BCUT2D eigenvalue weighted by molar-refractivity contribution is -0.123. The molecule has 2 N–H and O–H groups in total. The topological polar surface area (TPSA) is 85.5 Å². The average molecular weight is 199 g/mol. The molecule has 78 valence electrons. The van der Waals surface area contributed by atoms with Gasteiger partial charge in [0.25, 0.3) is 5.91 Å². The number of hydrogen-bond acceptors (Lipinski definition) is 5. The van der Waals surface area contributed by atoms with Gasteiger partial charge in [-0.15, -0.1) is 0 Å². The zero-order valence-electron chi connectivity index (χ0n) is 7.97. The highest BCUT2D eigenvalue weighted by molar-refractivity contribution is 6.66. The van der Waals surface area contributed by atoms with Crippen molar-refractivity contribution in [2.45, 2.75) is 19.8 Å². The Morgan fingerprint density at radius 2 is 1.79 bits per heavy atom. The van der Waals surface area contributed by atoms with Crippen LogP contribution in [0.15, 0.2) is 10.3 Å². The highest BCUT2D eigenvalue weighted by Gasteiger charge is 2.25. The maximum Gasteiger partial charge on any atom is 0.277 e. The lowest BCUT2D eigenvalue weighted by atomic mass is 10.2. The molecule has 1 saturated heterocycles. The van der Waals surface area contributed by atoms with Crippen LogP contribution in [0.1, 0.15) is 19.8 Å². The summed E-state index contributed by atoms with van der Waals surface area (Å²) >= 11 is 0. The van der Waals surface area contributed by atoms with Crippen molar-refractivity contribution in [3.8, 4) is 0 Å². The Labute approximate surface area is 81.5 Å². The Morgan fingerprint density at radius 1 is 1.21 bits per heavy atom. The standard InChI is InChI=1S/C8H13N3O3/c1-6(9-13)7(10-14)8(12)11-4-2-3-5-11/h13-14H,2-5H2,1H3. The smallest absolute Gasteiger partial charge is 0.277 e. The van der Waals surface area contributed by atoms with Gasteiger partial charge in [0, 0.05) is 13.1 Å². The second kappa shape index (κ2) is 4.59. The lowest BCUT2D eigenvalue weighted by Gasteiger charge is -2.14. The fourth-order valence-corrected chi connectivity index (χ4v) is 1.39. The first-order chi connectivity index (χ1) is 6.70. The summed E-state index contributed by atoms with van der Waals surface area (Å²) in [7, 11) is 0. The fourth-order valence-electron chi connectivity index (χ4n) is 1.39. The largest absolute Gasteiger partial charge is 0.411 e. The summed E-state index contributed by atoms with van der Waals surface area (Å²) < 4.78 is 0. The third-order valence-electron chi connectivity index (χ3n) is 2.19. The van der Waals surface area contributed by atoms with E-state index in [1.165, 1.54) is 6.92 Å². The lowest BCUT2D eigenvalue weighted by Crippen LogP contribution is -2.37. The van der Waals surface area contributed by atoms with Gasteiger partial charge in [0.05, 0.1) is 0 Å². The molecule has 0 radical (unpaired) electrons. The SMILES string of the molecule is CC(=NO)C(=NO)C(=O)N1CCCC1. The molecule has 14 heavy (non-hydrogen) atoms. The Balaban J connectivity index is 2.75. The Hall–Kier alpha value is -1.59. The highest BCUT2D eigenvalue weighted by atomic mass is 16.4. The normalized spacial score (nSPS) is 18.8. The van der Waals surface area contributed by atoms with Gasteiger partial charge in [0.15, 0.2) is 5.71 Å². The summed E-state index contributed by atoms with van der Waals surface area (Å²) in [5, 5.41) is 22.7. The van der Waals surface area contributed by atoms with E-state index in [4.69, 9.17) is 10.4 Å². The molecule has 1 rings (SSSR count). The van der Waals surface area contributed by atoms with Crippen molar-refractivity contribution < 1.29 is 15.2 Å². The predicted octanol–water partition coefficient (Wildman–Crippen LogP) is 0.289. The van der Waals surface area contributed by atoms with Crippen LogP contribution in [0, 0.1) is 0 Å². The van der Waals surface area contributed by atoms with Crippen LogP contribution in [0.3, 0.4) is 0 Å². The first-order valence-corrected chi connectivity index (χ1v) is 4.41. The predicted molar refractivity (Wildman–Crippen MR) is 49.9 cm³/mol. The van der Waals surface area contributed by atoms with Gasteiger partial charge in [-0.05, 0) is 19.8 Å². The van der Waals surface area contributed by atoms with Gasteiger partial charge in [-0.2, -0.15) is 0 Å². The second-order valence-electron chi connectivity index (χ2n) is 3.13. The van der Waals surface area contributed by atoms with Crippen LogP contribution in [0.25, 0.3) is 0 Å². The molecule has 0 saturated carbocycles. The second-order valence-corrected chi connectivity index (χ2v) is 3.13. The number of rotatable bonds is 2. The molecule has 1 heterocycles. The van der Waals surface area contributed by atoms with E-state index in [9.17, 15) is 4.79 Å². The van der Waals surface area contributed by atoms with E-state index in [1.54, 1.807) is 4.90 Å². The van der Waals surface area contributed by atoms with Gasteiger partial charge in [-0.25, -0.2) is 0 Å². The first kappa shape index (κ1) is 10.5. The van der Waals surface area contributed by atoms with Gasteiger partial charge in [0.2, 0.25) is 0 Å². The van der Waals surface area contributed by atoms with E-state index in [0.717, 1.165) is 12.8 Å². The third kappa shape index (κ3) is 2.01. The van der Waals surface area contributed by atoms with Gasteiger partial charge >= 0.3 is 0 Å². The molecule has 0 aromatic rings. The van der Waals surface area contributed by atoms with Crippen molar-refractivity contribution in [3.63, 3.8) is 0 Å². The van der Waals surface area contributed by atoms with Crippen LogP contribution in [0.4, 0.5) is 0 Å². The van der Waals surface area contributed by atoms with Gasteiger partial charge < -0.3 is 15.3 Å². The molecule has 0 spiro atoms. The van der Waals surface area contributed by atoms with Crippen LogP contribution in [-0.4, -0.2) is 45.7 Å². The molecular weight excluding hydrogens is 186 g/mol. The summed E-state index contributed by atoms with van der Waals surface area (Å²) in [6.45, 7) is 2.73. The van der Waals surface area contributed by atoms with Crippen LogP contribution in [0.2, 0.25) is 0 Å². The van der Waals surface area contributed by atoms with Crippen LogP contribution in [0.5, 0.6) is 0 Å². The van der Waals surface area contributed by atoms with Crippen LogP contribution >= 0.6 is 0 Å². The van der Waals surface area contributed by atoms with Crippen molar-refractivity contribution >= 4 is 17.3 Å². The minimum Gasteiger partial charge on any atom is -0.411 e. The molecule has 1 aliphatic rings.